The maximum Gasteiger partial charge on any atom is 0.127 e. The third-order valence-electron chi connectivity index (χ3n) is 3.80. The van der Waals surface area contributed by atoms with Crippen LogP contribution in [0.5, 0.6) is 5.75 Å². The molecule has 0 fully saturated rings. The molecule has 106 valence electrons. The van der Waals surface area contributed by atoms with Crippen LogP contribution in [0.3, 0.4) is 0 Å². The lowest BCUT2D eigenvalue weighted by Gasteiger charge is -2.30. The summed E-state index contributed by atoms with van der Waals surface area (Å²) in [5.41, 5.74) is 2.57. The Hall–Kier alpha value is -1.06. The van der Waals surface area contributed by atoms with Gasteiger partial charge < -0.3 is 14.8 Å². The molecule has 0 aliphatic carbocycles. The van der Waals surface area contributed by atoms with Crippen molar-refractivity contribution in [3.8, 4) is 5.75 Å². The number of benzene rings is 1. The van der Waals surface area contributed by atoms with Gasteiger partial charge in [-0.15, -0.1) is 0 Å². The Morgan fingerprint density at radius 3 is 2.89 bits per heavy atom. The first kappa shape index (κ1) is 14.4. The zero-order chi connectivity index (χ0) is 13.7. The van der Waals surface area contributed by atoms with E-state index in [1.165, 1.54) is 11.1 Å². The van der Waals surface area contributed by atoms with Gasteiger partial charge in [-0.3, -0.25) is 0 Å². The molecule has 0 radical (unpaired) electrons. The van der Waals surface area contributed by atoms with Crippen molar-refractivity contribution in [1.82, 2.24) is 5.32 Å². The van der Waals surface area contributed by atoms with E-state index >= 15 is 0 Å². The van der Waals surface area contributed by atoms with Crippen molar-refractivity contribution in [3.63, 3.8) is 0 Å². The molecule has 1 aliphatic heterocycles. The highest BCUT2D eigenvalue weighted by Gasteiger charge is 2.26. The SMILES string of the molecule is CCNC(c1cccc2c1OCCC2)C(CC)OC. The van der Waals surface area contributed by atoms with Crippen molar-refractivity contribution in [1.29, 1.82) is 0 Å². The lowest BCUT2D eigenvalue weighted by atomic mass is 9.94. The summed E-state index contributed by atoms with van der Waals surface area (Å²) in [4.78, 5) is 0. The minimum absolute atomic E-state index is 0.178. The van der Waals surface area contributed by atoms with E-state index in [9.17, 15) is 0 Å². The molecule has 0 saturated heterocycles. The fraction of sp³-hybridized carbons (Fsp3) is 0.625. The second-order valence-electron chi connectivity index (χ2n) is 5.01. The number of para-hydroxylation sites is 1. The molecule has 0 bridgehead atoms. The monoisotopic (exact) mass is 263 g/mol. The average Bonchev–Trinajstić information content (AvgIpc) is 2.47. The molecule has 1 heterocycles. The Morgan fingerprint density at radius 1 is 1.37 bits per heavy atom. The van der Waals surface area contributed by atoms with E-state index in [4.69, 9.17) is 9.47 Å². The first-order chi connectivity index (χ1) is 9.31. The van der Waals surface area contributed by atoms with E-state index in [1.54, 1.807) is 7.11 Å². The van der Waals surface area contributed by atoms with Crippen LogP contribution in [0.25, 0.3) is 0 Å². The molecule has 3 nitrogen and oxygen atoms in total. The Labute approximate surface area is 116 Å². The molecular weight excluding hydrogens is 238 g/mol. The molecule has 2 atom stereocenters. The van der Waals surface area contributed by atoms with Crippen LogP contribution >= 0.6 is 0 Å². The maximum atomic E-state index is 5.93. The average molecular weight is 263 g/mol. The number of aryl methyl sites for hydroxylation is 1. The quantitative estimate of drug-likeness (QED) is 0.855. The third kappa shape index (κ3) is 3.10. The van der Waals surface area contributed by atoms with Crippen molar-refractivity contribution in [2.24, 2.45) is 0 Å². The minimum Gasteiger partial charge on any atom is -0.493 e. The largest absolute Gasteiger partial charge is 0.493 e. The molecule has 0 spiro atoms. The second kappa shape index (κ2) is 6.92. The first-order valence-corrected chi connectivity index (χ1v) is 7.32. The van der Waals surface area contributed by atoms with E-state index in [1.807, 2.05) is 0 Å². The summed E-state index contributed by atoms with van der Waals surface area (Å²) in [5.74, 6) is 1.08. The smallest absolute Gasteiger partial charge is 0.127 e. The normalized spacial score (nSPS) is 17.4. The van der Waals surface area contributed by atoms with Crippen molar-refractivity contribution >= 4 is 0 Å². The minimum atomic E-state index is 0.178. The summed E-state index contributed by atoms with van der Waals surface area (Å²) in [6.45, 7) is 6.04. The van der Waals surface area contributed by atoms with Crippen LogP contribution in [0.4, 0.5) is 0 Å². The number of hydrogen-bond donors (Lipinski definition) is 1. The van der Waals surface area contributed by atoms with Crippen molar-refractivity contribution in [2.75, 3.05) is 20.3 Å². The zero-order valence-corrected chi connectivity index (χ0v) is 12.2. The van der Waals surface area contributed by atoms with Crippen LogP contribution in [0, 0.1) is 0 Å². The van der Waals surface area contributed by atoms with Gasteiger partial charge in [-0.05, 0) is 31.4 Å². The molecular formula is C16H25NO2. The zero-order valence-electron chi connectivity index (χ0n) is 12.2. The molecule has 1 aliphatic rings. The highest BCUT2D eigenvalue weighted by atomic mass is 16.5. The van der Waals surface area contributed by atoms with Crippen LogP contribution in [0.15, 0.2) is 18.2 Å². The molecule has 1 N–H and O–H groups in total. The number of fused-ring (bicyclic) bond motifs is 1. The van der Waals surface area contributed by atoms with Gasteiger partial charge >= 0.3 is 0 Å². The first-order valence-electron chi connectivity index (χ1n) is 7.32. The van der Waals surface area contributed by atoms with E-state index in [2.05, 4.69) is 37.4 Å². The van der Waals surface area contributed by atoms with Crippen LogP contribution in [0.2, 0.25) is 0 Å². The van der Waals surface area contributed by atoms with Gasteiger partial charge in [-0.25, -0.2) is 0 Å². The second-order valence-corrected chi connectivity index (χ2v) is 5.01. The number of likely N-dealkylation sites (N-methyl/N-ethyl adjacent to an activating group) is 1. The molecule has 0 aromatic heterocycles. The molecule has 19 heavy (non-hydrogen) atoms. The van der Waals surface area contributed by atoms with Crippen molar-refractivity contribution in [2.45, 2.75) is 45.3 Å². The summed E-state index contributed by atoms with van der Waals surface area (Å²) in [6, 6.07) is 6.68. The standard InChI is InChI=1S/C16H25NO2/c1-4-14(18-3)15(17-5-2)13-10-6-8-12-9-7-11-19-16(12)13/h6,8,10,14-15,17H,4-5,7,9,11H2,1-3H3. The van der Waals surface area contributed by atoms with Crippen LogP contribution in [-0.4, -0.2) is 26.4 Å². The van der Waals surface area contributed by atoms with Crippen LogP contribution in [0.1, 0.15) is 43.9 Å². The van der Waals surface area contributed by atoms with Crippen molar-refractivity contribution in [3.05, 3.63) is 29.3 Å². The van der Waals surface area contributed by atoms with Gasteiger partial charge in [-0.2, -0.15) is 0 Å². The molecule has 2 unspecified atom stereocenters. The lowest BCUT2D eigenvalue weighted by Crippen LogP contribution is -2.33. The fourth-order valence-electron chi connectivity index (χ4n) is 2.86. The van der Waals surface area contributed by atoms with Gasteiger partial charge in [0.1, 0.15) is 5.75 Å². The molecule has 2 rings (SSSR count). The molecule has 1 aromatic carbocycles. The van der Waals surface area contributed by atoms with E-state index < -0.39 is 0 Å². The summed E-state index contributed by atoms with van der Waals surface area (Å²) >= 11 is 0. The van der Waals surface area contributed by atoms with Crippen molar-refractivity contribution < 1.29 is 9.47 Å². The molecule has 0 saturated carbocycles. The highest BCUT2D eigenvalue weighted by Crippen LogP contribution is 2.35. The van der Waals surface area contributed by atoms with Crippen LogP contribution in [-0.2, 0) is 11.2 Å². The topological polar surface area (TPSA) is 30.5 Å². The van der Waals surface area contributed by atoms with Gasteiger partial charge in [0.05, 0.1) is 18.8 Å². The predicted octanol–water partition coefficient (Wildman–Crippen LogP) is 3.09. The van der Waals surface area contributed by atoms with Crippen LogP contribution < -0.4 is 10.1 Å². The van der Waals surface area contributed by atoms with Gasteiger partial charge in [0.2, 0.25) is 0 Å². The Balaban J connectivity index is 2.35. The third-order valence-corrected chi connectivity index (χ3v) is 3.80. The number of hydrogen-bond acceptors (Lipinski definition) is 3. The summed E-state index contributed by atoms with van der Waals surface area (Å²) in [7, 11) is 1.79. The molecule has 1 aromatic rings. The van der Waals surface area contributed by atoms with E-state index in [-0.39, 0.29) is 12.1 Å². The number of nitrogens with one attached hydrogen (secondary N) is 1. The number of methoxy groups -OCH3 is 1. The van der Waals surface area contributed by atoms with Gasteiger partial charge in [0.15, 0.2) is 0 Å². The van der Waals surface area contributed by atoms with Gasteiger partial charge in [0.25, 0.3) is 0 Å². The lowest BCUT2D eigenvalue weighted by molar-refractivity contribution is 0.0643. The maximum absolute atomic E-state index is 5.93. The number of rotatable bonds is 6. The fourth-order valence-corrected chi connectivity index (χ4v) is 2.86. The summed E-state index contributed by atoms with van der Waals surface area (Å²) in [6.07, 6.45) is 3.39. The van der Waals surface area contributed by atoms with Gasteiger partial charge in [0, 0.05) is 12.7 Å². The predicted molar refractivity (Wildman–Crippen MR) is 77.8 cm³/mol. The molecule has 0 amide bonds. The highest BCUT2D eigenvalue weighted by molar-refractivity contribution is 5.45. The number of ether oxygens (including phenoxy) is 2. The van der Waals surface area contributed by atoms with Gasteiger partial charge in [-0.1, -0.05) is 32.0 Å². The summed E-state index contributed by atoms with van der Waals surface area (Å²) < 4.78 is 11.6. The Morgan fingerprint density at radius 2 is 2.21 bits per heavy atom. The summed E-state index contributed by atoms with van der Waals surface area (Å²) in [5, 5.41) is 3.55. The Kier molecular flexibility index (Phi) is 5.23. The molecule has 3 heteroatoms. The van der Waals surface area contributed by atoms with E-state index in [0.717, 1.165) is 38.2 Å². The van der Waals surface area contributed by atoms with E-state index in [0.29, 0.717) is 0 Å². The Bertz CT molecular complexity index is 402.